The summed E-state index contributed by atoms with van der Waals surface area (Å²) >= 11 is 1.21. The molecule has 7 heteroatoms. The molecule has 0 unspecified atom stereocenters. The van der Waals surface area contributed by atoms with Crippen LogP contribution in [-0.4, -0.2) is 20.9 Å². The number of primary amides is 1. The number of nitrogen functional groups attached to an aromatic ring is 1. The SMILES string of the molecule is Cc1cc(C)nc(Sc2nc(C(N)=O)ccc2N)n1. The molecule has 2 aromatic rings. The molecular weight excluding hydrogens is 262 g/mol. The summed E-state index contributed by atoms with van der Waals surface area (Å²) in [6, 6.07) is 4.96. The lowest BCUT2D eigenvalue weighted by molar-refractivity contribution is 0.0995. The first-order valence-electron chi connectivity index (χ1n) is 5.52. The number of anilines is 1. The van der Waals surface area contributed by atoms with E-state index in [1.54, 1.807) is 6.07 Å². The molecule has 0 aliphatic carbocycles. The molecule has 2 heterocycles. The van der Waals surface area contributed by atoms with Crippen LogP contribution in [0.3, 0.4) is 0 Å². The fourth-order valence-electron chi connectivity index (χ4n) is 1.50. The highest BCUT2D eigenvalue weighted by Gasteiger charge is 2.10. The van der Waals surface area contributed by atoms with Crippen molar-refractivity contribution in [1.29, 1.82) is 0 Å². The molecule has 2 rings (SSSR count). The third kappa shape index (κ3) is 3.19. The molecule has 0 atom stereocenters. The normalized spacial score (nSPS) is 10.4. The maximum absolute atomic E-state index is 11.1. The van der Waals surface area contributed by atoms with E-state index in [1.165, 1.54) is 17.8 Å². The van der Waals surface area contributed by atoms with Crippen molar-refractivity contribution < 1.29 is 4.79 Å². The zero-order valence-electron chi connectivity index (χ0n) is 10.5. The van der Waals surface area contributed by atoms with E-state index < -0.39 is 5.91 Å². The van der Waals surface area contributed by atoms with Crippen molar-refractivity contribution in [2.45, 2.75) is 24.0 Å². The predicted molar refractivity (Wildman–Crippen MR) is 72.8 cm³/mol. The first-order valence-corrected chi connectivity index (χ1v) is 6.34. The van der Waals surface area contributed by atoms with Gasteiger partial charge in [-0.2, -0.15) is 0 Å². The van der Waals surface area contributed by atoms with Crippen LogP contribution in [0.1, 0.15) is 21.9 Å². The van der Waals surface area contributed by atoms with E-state index in [-0.39, 0.29) is 5.69 Å². The second-order valence-electron chi connectivity index (χ2n) is 3.99. The molecular formula is C12H13N5OS. The minimum absolute atomic E-state index is 0.168. The van der Waals surface area contributed by atoms with Crippen molar-refractivity contribution in [2.75, 3.05) is 5.73 Å². The Morgan fingerprint density at radius 1 is 1.16 bits per heavy atom. The van der Waals surface area contributed by atoms with Gasteiger partial charge in [-0.25, -0.2) is 15.0 Å². The van der Waals surface area contributed by atoms with E-state index in [2.05, 4.69) is 15.0 Å². The van der Waals surface area contributed by atoms with Gasteiger partial charge < -0.3 is 11.5 Å². The number of hydrogen-bond acceptors (Lipinski definition) is 6. The molecule has 2 aromatic heterocycles. The van der Waals surface area contributed by atoms with Gasteiger partial charge in [0.25, 0.3) is 5.91 Å². The second kappa shape index (κ2) is 5.23. The molecule has 0 spiro atoms. The molecule has 1 amide bonds. The minimum Gasteiger partial charge on any atom is -0.397 e. The molecule has 98 valence electrons. The van der Waals surface area contributed by atoms with E-state index in [1.807, 2.05) is 19.9 Å². The Hall–Kier alpha value is -2.15. The number of amides is 1. The van der Waals surface area contributed by atoms with Crippen LogP contribution in [0.15, 0.2) is 28.4 Å². The molecule has 0 fully saturated rings. The summed E-state index contributed by atoms with van der Waals surface area (Å²) in [6.45, 7) is 3.77. The number of rotatable bonds is 3. The van der Waals surface area contributed by atoms with Crippen LogP contribution < -0.4 is 11.5 Å². The van der Waals surface area contributed by atoms with E-state index in [0.717, 1.165) is 11.4 Å². The maximum atomic E-state index is 11.1. The summed E-state index contributed by atoms with van der Waals surface area (Å²) in [5.41, 5.74) is 13.4. The largest absolute Gasteiger partial charge is 0.397 e. The summed E-state index contributed by atoms with van der Waals surface area (Å²) in [7, 11) is 0. The van der Waals surface area contributed by atoms with Crippen LogP contribution in [0.5, 0.6) is 0 Å². The topological polar surface area (TPSA) is 108 Å². The number of nitrogens with zero attached hydrogens (tertiary/aromatic N) is 3. The van der Waals surface area contributed by atoms with Crippen molar-refractivity contribution in [3.8, 4) is 0 Å². The fraction of sp³-hybridized carbons (Fsp3) is 0.167. The Labute approximate surface area is 114 Å². The van der Waals surface area contributed by atoms with Crippen molar-refractivity contribution >= 4 is 23.4 Å². The van der Waals surface area contributed by atoms with Gasteiger partial charge >= 0.3 is 0 Å². The highest BCUT2D eigenvalue weighted by Crippen LogP contribution is 2.28. The molecule has 0 radical (unpaired) electrons. The lowest BCUT2D eigenvalue weighted by atomic mass is 10.3. The standard InChI is InChI=1S/C12H13N5OS/c1-6-5-7(2)16-12(15-6)19-11-8(13)3-4-9(17-11)10(14)18/h3-5H,13H2,1-2H3,(H2,14,18). The highest BCUT2D eigenvalue weighted by atomic mass is 32.2. The van der Waals surface area contributed by atoms with Gasteiger partial charge in [0.15, 0.2) is 5.16 Å². The Morgan fingerprint density at radius 3 is 2.37 bits per heavy atom. The number of pyridine rings is 1. The number of aryl methyl sites for hydroxylation is 2. The average molecular weight is 275 g/mol. The maximum Gasteiger partial charge on any atom is 0.267 e. The third-order valence-electron chi connectivity index (χ3n) is 2.29. The smallest absolute Gasteiger partial charge is 0.267 e. The van der Waals surface area contributed by atoms with Crippen molar-refractivity contribution in [3.63, 3.8) is 0 Å². The lowest BCUT2D eigenvalue weighted by Crippen LogP contribution is -2.13. The predicted octanol–water partition coefficient (Wildman–Crippen LogP) is 1.32. The molecule has 0 saturated carbocycles. The first kappa shape index (κ1) is 13.3. The van der Waals surface area contributed by atoms with Gasteiger partial charge in [-0.15, -0.1) is 0 Å². The molecule has 0 aliphatic heterocycles. The van der Waals surface area contributed by atoms with Crippen LogP contribution in [0.25, 0.3) is 0 Å². The van der Waals surface area contributed by atoms with E-state index >= 15 is 0 Å². The number of carbonyl (C=O) groups is 1. The quantitative estimate of drug-likeness (QED) is 0.818. The molecule has 4 N–H and O–H groups in total. The van der Waals surface area contributed by atoms with Crippen LogP contribution in [0.2, 0.25) is 0 Å². The summed E-state index contributed by atoms with van der Waals surface area (Å²) in [5, 5.41) is 1.01. The summed E-state index contributed by atoms with van der Waals surface area (Å²) in [5.74, 6) is -0.594. The molecule has 19 heavy (non-hydrogen) atoms. The van der Waals surface area contributed by atoms with Crippen molar-refractivity contribution in [3.05, 3.63) is 35.3 Å². The fourth-order valence-corrected chi connectivity index (χ4v) is 2.38. The number of aromatic nitrogens is 3. The summed E-state index contributed by atoms with van der Waals surface area (Å²) in [4.78, 5) is 23.8. The van der Waals surface area contributed by atoms with Gasteiger partial charge in [-0.1, -0.05) is 0 Å². The average Bonchev–Trinajstić information content (AvgIpc) is 2.30. The molecule has 0 aromatic carbocycles. The van der Waals surface area contributed by atoms with Crippen LogP contribution >= 0.6 is 11.8 Å². The van der Waals surface area contributed by atoms with Gasteiger partial charge in [0.2, 0.25) is 0 Å². The van der Waals surface area contributed by atoms with Crippen molar-refractivity contribution in [1.82, 2.24) is 15.0 Å². The van der Waals surface area contributed by atoms with Gasteiger partial charge in [-0.05, 0) is 43.8 Å². The number of hydrogen-bond donors (Lipinski definition) is 2. The van der Waals surface area contributed by atoms with Gasteiger partial charge in [0.05, 0.1) is 5.69 Å². The van der Waals surface area contributed by atoms with Gasteiger partial charge in [0, 0.05) is 11.4 Å². The number of carbonyl (C=O) groups excluding carboxylic acids is 1. The molecule has 0 saturated heterocycles. The van der Waals surface area contributed by atoms with Crippen LogP contribution in [-0.2, 0) is 0 Å². The van der Waals surface area contributed by atoms with Gasteiger partial charge in [-0.3, -0.25) is 4.79 Å². The molecule has 0 bridgehead atoms. The third-order valence-corrected chi connectivity index (χ3v) is 3.18. The van der Waals surface area contributed by atoms with E-state index in [9.17, 15) is 4.79 Å². The Bertz CT molecular complexity index is 624. The monoisotopic (exact) mass is 275 g/mol. The van der Waals surface area contributed by atoms with E-state index in [0.29, 0.717) is 15.9 Å². The van der Waals surface area contributed by atoms with Crippen LogP contribution in [0.4, 0.5) is 5.69 Å². The first-order chi connectivity index (χ1) is 8.95. The molecule has 6 nitrogen and oxygen atoms in total. The zero-order chi connectivity index (χ0) is 14.0. The van der Waals surface area contributed by atoms with Crippen LogP contribution in [0, 0.1) is 13.8 Å². The Morgan fingerprint density at radius 2 is 1.79 bits per heavy atom. The molecule has 0 aliphatic rings. The second-order valence-corrected chi connectivity index (χ2v) is 4.95. The lowest BCUT2D eigenvalue weighted by Gasteiger charge is -2.06. The summed E-state index contributed by atoms with van der Waals surface area (Å²) < 4.78 is 0. The van der Waals surface area contributed by atoms with Crippen molar-refractivity contribution in [2.24, 2.45) is 5.73 Å². The van der Waals surface area contributed by atoms with E-state index in [4.69, 9.17) is 11.5 Å². The minimum atomic E-state index is -0.594. The highest BCUT2D eigenvalue weighted by molar-refractivity contribution is 7.99. The Balaban J connectivity index is 2.37. The Kier molecular flexibility index (Phi) is 3.66. The zero-order valence-corrected chi connectivity index (χ0v) is 11.4. The summed E-state index contributed by atoms with van der Waals surface area (Å²) in [6.07, 6.45) is 0. The number of nitrogens with two attached hydrogens (primary N) is 2. The van der Waals surface area contributed by atoms with Gasteiger partial charge in [0.1, 0.15) is 10.7 Å².